The van der Waals surface area contributed by atoms with Gasteiger partial charge in [0.25, 0.3) is 0 Å². The van der Waals surface area contributed by atoms with Crippen molar-refractivity contribution in [2.75, 3.05) is 20.4 Å². The van der Waals surface area contributed by atoms with Gasteiger partial charge in [-0.1, -0.05) is 18.2 Å². The fourth-order valence-electron chi connectivity index (χ4n) is 3.60. The first-order valence-electron chi connectivity index (χ1n) is 10.8. The molecule has 0 fully saturated rings. The van der Waals surface area contributed by atoms with E-state index >= 15 is 0 Å². The number of carbonyl (C=O) groups excluding carboxylic acids is 2. The van der Waals surface area contributed by atoms with Crippen molar-refractivity contribution in [3.05, 3.63) is 68.5 Å². The Morgan fingerprint density at radius 3 is 2.29 bits per heavy atom. The predicted molar refractivity (Wildman–Crippen MR) is 132 cm³/mol. The van der Waals surface area contributed by atoms with Crippen LogP contribution < -0.4 is 14.8 Å². The van der Waals surface area contributed by atoms with Gasteiger partial charge in [-0.25, -0.2) is 4.79 Å². The number of nitrogens with one attached hydrogen (secondary N) is 1. The third-order valence-electron chi connectivity index (χ3n) is 5.40. The van der Waals surface area contributed by atoms with Crippen molar-refractivity contribution in [1.29, 1.82) is 0 Å². The van der Waals surface area contributed by atoms with Gasteiger partial charge < -0.3 is 29.7 Å². The number of fused-ring (bicyclic) bond motifs is 1. The van der Waals surface area contributed by atoms with Crippen molar-refractivity contribution >= 4 is 40.6 Å². The Hall–Kier alpha value is -3.57. The highest BCUT2D eigenvalue weighted by molar-refractivity contribution is 7.10. The van der Waals surface area contributed by atoms with E-state index < -0.39 is 18.0 Å². The number of hydrogen-bond donors (Lipinski definition) is 2. The Labute approximate surface area is 210 Å². The van der Waals surface area contributed by atoms with Crippen molar-refractivity contribution in [3.63, 3.8) is 0 Å². The van der Waals surface area contributed by atoms with Crippen LogP contribution in [0.4, 0.5) is 4.79 Å². The summed E-state index contributed by atoms with van der Waals surface area (Å²) in [5.41, 5.74) is 0.571. The maximum absolute atomic E-state index is 13.2. The normalized spacial score (nSPS) is 12.7. The molecule has 0 spiro atoms. The van der Waals surface area contributed by atoms with Gasteiger partial charge in [-0.3, -0.25) is 9.59 Å². The summed E-state index contributed by atoms with van der Waals surface area (Å²) in [5, 5.41) is 16.0. The van der Waals surface area contributed by atoms with Crippen molar-refractivity contribution in [3.8, 4) is 11.5 Å². The highest BCUT2D eigenvalue weighted by Gasteiger charge is 2.25. The molecule has 1 atom stereocenters. The molecule has 0 aliphatic carbocycles. The molecule has 0 bridgehead atoms. The second-order valence-electron chi connectivity index (χ2n) is 7.98. The van der Waals surface area contributed by atoms with E-state index in [0.717, 1.165) is 9.75 Å². The summed E-state index contributed by atoms with van der Waals surface area (Å²) in [5.74, 6) is -0.214. The molecule has 0 saturated heterocycles. The molecule has 2 N–H and O–H groups in total. The minimum atomic E-state index is -1.07. The van der Waals surface area contributed by atoms with Crippen LogP contribution in [-0.4, -0.2) is 53.2 Å². The van der Waals surface area contributed by atoms with Crippen LogP contribution in [0.2, 0.25) is 0 Å². The van der Waals surface area contributed by atoms with Gasteiger partial charge in [0.05, 0.1) is 25.6 Å². The fourth-order valence-corrected chi connectivity index (χ4v) is 5.04. The van der Waals surface area contributed by atoms with Gasteiger partial charge in [0.2, 0.25) is 12.7 Å². The Kier molecular flexibility index (Phi) is 7.88. The number of benzene rings is 1. The lowest BCUT2D eigenvalue weighted by atomic mass is 10.0. The third kappa shape index (κ3) is 6.52. The topological polar surface area (TPSA) is 108 Å². The van der Waals surface area contributed by atoms with E-state index in [4.69, 9.17) is 9.47 Å². The lowest BCUT2D eigenvalue weighted by Crippen LogP contribution is -2.45. The van der Waals surface area contributed by atoms with E-state index in [2.05, 4.69) is 5.32 Å². The number of urea groups is 1. The van der Waals surface area contributed by atoms with Gasteiger partial charge in [0, 0.05) is 16.8 Å². The Morgan fingerprint density at radius 1 is 1.03 bits per heavy atom. The molecule has 3 aromatic rings. The summed E-state index contributed by atoms with van der Waals surface area (Å²) in [6.07, 6.45) is -0.323. The number of thiophene rings is 2. The van der Waals surface area contributed by atoms with Crippen LogP contribution in [0.15, 0.2) is 53.2 Å². The first-order chi connectivity index (χ1) is 16.9. The minimum absolute atomic E-state index is 0.0903. The van der Waals surface area contributed by atoms with E-state index in [9.17, 15) is 19.5 Å². The number of amides is 3. The Morgan fingerprint density at radius 2 is 1.69 bits per heavy atom. The average Bonchev–Trinajstić information content (AvgIpc) is 3.60. The second-order valence-corrected chi connectivity index (χ2v) is 10.0. The monoisotopic (exact) mass is 515 g/mol. The number of carboxylic acids is 1. The van der Waals surface area contributed by atoms with Gasteiger partial charge >= 0.3 is 12.0 Å². The molecule has 0 saturated carbocycles. The van der Waals surface area contributed by atoms with Crippen LogP contribution in [0.3, 0.4) is 0 Å². The first-order valence-corrected chi connectivity index (χ1v) is 12.6. The molecule has 184 valence electrons. The molecule has 11 heteroatoms. The number of rotatable bonds is 10. The van der Waals surface area contributed by atoms with E-state index in [-0.39, 0.29) is 25.7 Å². The molecule has 35 heavy (non-hydrogen) atoms. The van der Waals surface area contributed by atoms with E-state index in [1.165, 1.54) is 11.9 Å². The van der Waals surface area contributed by atoms with Gasteiger partial charge in [0.15, 0.2) is 11.5 Å². The number of aliphatic carboxylic acids is 1. The number of carboxylic acid groups (broad SMARTS) is 1. The largest absolute Gasteiger partial charge is 0.481 e. The zero-order valence-corrected chi connectivity index (χ0v) is 20.6. The van der Waals surface area contributed by atoms with Crippen LogP contribution in [0, 0.1) is 0 Å². The summed E-state index contributed by atoms with van der Waals surface area (Å²) in [4.78, 5) is 42.6. The number of nitrogens with zero attached hydrogens (tertiary/aromatic N) is 2. The third-order valence-corrected chi connectivity index (χ3v) is 7.12. The average molecular weight is 516 g/mol. The van der Waals surface area contributed by atoms with Crippen LogP contribution in [0.1, 0.15) is 27.8 Å². The predicted octanol–water partition coefficient (Wildman–Crippen LogP) is 3.92. The van der Waals surface area contributed by atoms with E-state index in [1.807, 2.05) is 35.0 Å². The molecule has 2 aromatic heterocycles. The van der Waals surface area contributed by atoms with Gasteiger partial charge in [-0.2, -0.15) is 0 Å². The van der Waals surface area contributed by atoms with Crippen molar-refractivity contribution in [1.82, 2.24) is 15.1 Å². The van der Waals surface area contributed by atoms with E-state index in [0.29, 0.717) is 30.2 Å². The van der Waals surface area contributed by atoms with Crippen molar-refractivity contribution in [2.45, 2.75) is 25.6 Å². The summed E-state index contributed by atoms with van der Waals surface area (Å²) in [7, 11) is 1.51. The molecule has 9 nitrogen and oxygen atoms in total. The smallest absolute Gasteiger partial charge is 0.318 e. The van der Waals surface area contributed by atoms with E-state index in [1.54, 1.807) is 45.8 Å². The highest BCUT2D eigenvalue weighted by atomic mass is 32.1. The Bertz CT molecular complexity index is 1130. The van der Waals surface area contributed by atoms with Crippen LogP contribution >= 0.6 is 22.7 Å². The molecule has 3 amide bonds. The van der Waals surface area contributed by atoms with Crippen LogP contribution in [0.5, 0.6) is 11.5 Å². The lowest BCUT2D eigenvalue weighted by Gasteiger charge is -2.26. The highest BCUT2D eigenvalue weighted by Crippen LogP contribution is 2.34. The number of ether oxygens (including phenoxy) is 2. The fraction of sp³-hybridized carbons (Fsp3) is 0.292. The standard InChI is InChI=1S/C24H25N3O6S2/c1-26(14-22(28)27(12-17-4-2-8-34-17)13-18-5-3-9-35-18)24(31)25-19(11-23(29)30)16-6-7-20-21(10-16)33-15-32-20/h2-10,19H,11-15H2,1H3,(H,25,31)(H,29,30)/t19-/m1/s1. The summed E-state index contributed by atoms with van der Waals surface area (Å²) < 4.78 is 10.7. The molecular weight excluding hydrogens is 490 g/mol. The zero-order valence-electron chi connectivity index (χ0n) is 19.0. The number of hydrogen-bond acceptors (Lipinski definition) is 7. The molecule has 0 radical (unpaired) electrons. The maximum Gasteiger partial charge on any atom is 0.318 e. The molecule has 1 aromatic carbocycles. The number of carbonyl (C=O) groups is 3. The Balaban J connectivity index is 1.42. The molecular formula is C24H25N3O6S2. The molecule has 4 rings (SSSR count). The van der Waals surface area contributed by atoms with Crippen LogP contribution in [0.25, 0.3) is 0 Å². The summed E-state index contributed by atoms with van der Waals surface area (Å²) in [6.45, 7) is 0.835. The second kappa shape index (κ2) is 11.2. The van der Waals surface area contributed by atoms with Crippen molar-refractivity contribution < 1.29 is 29.0 Å². The van der Waals surface area contributed by atoms with Gasteiger partial charge in [-0.15, -0.1) is 22.7 Å². The number of likely N-dealkylation sites (N-methyl/N-ethyl adjacent to an activating group) is 1. The van der Waals surface area contributed by atoms with Crippen LogP contribution in [-0.2, 0) is 22.7 Å². The summed E-state index contributed by atoms with van der Waals surface area (Å²) in [6, 6.07) is 11.5. The summed E-state index contributed by atoms with van der Waals surface area (Å²) >= 11 is 3.14. The van der Waals surface area contributed by atoms with Gasteiger partial charge in [0.1, 0.15) is 6.54 Å². The first kappa shape index (κ1) is 24.6. The van der Waals surface area contributed by atoms with Crippen molar-refractivity contribution in [2.24, 2.45) is 0 Å². The maximum atomic E-state index is 13.2. The molecule has 1 aliphatic heterocycles. The SMILES string of the molecule is CN(CC(=O)N(Cc1cccs1)Cc1cccs1)C(=O)N[C@H](CC(=O)O)c1ccc2c(c1)OCO2. The quantitative estimate of drug-likeness (QED) is 0.424. The molecule has 1 aliphatic rings. The minimum Gasteiger partial charge on any atom is -0.481 e. The zero-order chi connectivity index (χ0) is 24.8. The lowest BCUT2D eigenvalue weighted by molar-refractivity contribution is -0.137. The molecule has 3 heterocycles. The van der Waals surface area contributed by atoms with Gasteiger partial charge in [-0.05, 0) is 40.6 Å². The molecule has 0 unspecified atom stereocenters.